The standard InChI is InChI=1S/C15H30N2O2S/c1-11(2)13(18)15(4,5)10-16-14(19)12(3)17-6-8-20-9-7-17/h11-13,18H,6-10H2,1-5H3,(H,16,19). The zero-order valence-electron chi connectivity index (χ0n) is 13.5. The number of amides is 1. The summed E-state index contributed by atoms with van der Waals surface area (Å²) in [5.74, 6) is 2.48. The quantitative estimate of drug-likeness (QED) is 0.782. The molecular weight excluding hydrogens is 272 g/mol. The van der Waals surface area contributed by atoms with Crippen LogP contribution in [-0.2, 0) is 4.79 Å². The van der Waals surface area contributed by atoms with Crippen molar-refractivity contribution < 1.29 is 9.90 Å². The van der Waals surface area contributed by atoms with Crippen molar-refractivity contribution in [2.75, 3.05) is 31.1 Å². The fourth-order valence-corrected chi connectivity index (χ4v) is 3.53. The predicted molar refractivity (Wildman–Crippen MR) is 86.0 cm³/mol. The van der Waals surface area contributed by atoms with Crippen molar-refractivity contribution in [3.63, 3.8) is 0 Å². The van der Waals surface area contributed by atoms with Crippen LogP contribution in [0.2, 0.25) is 0 Å². The van der Waals surface area contributed by atoms with Crippen molar-refractivity contribution in [1.29, 1.82) is 0 Å². The fourth-order valence-electron chi connectivity index (χ4n) is 2.60. The Morgan fingerprint density at radius 1 is 1.30 bits per heavy atom. The van der Waals surface area contributed by atoms with E-state index in [0.717, 1.165) is 24.6 Å². The van der Waals surface area contributed by atoms with E-state index in [1.54, 1.807) is 0 Å². The smallest absolute Gasteiger partial charge is 0.237 e. The number of thioether (sulfide) groups is 1. The molecule has 1 amide bonds. The molecule has 1 aliphatic heterocycles. The Balaban J connectivity index is 2.45. The van der Waals surface area contributed by atoms with E-state index in [1.165, 1.54) is 0 Å². The number of nitrogens with zero attached hydrogens (tertiary/aromatic N) is 1. The van der Waals surface area contributed by atoms with E-state index in [9.17, 15) is 9.90 Å². The van der Waals surface area contributed by atoms with Crippen LogP contribution in [0.3, 0.4) is 0 Å². The van der Waals surface area contributed by atoms with Crippen molar-refractivity contribution in [3.8, 4) is 0 Å². The molecule has 4 nitrogen and oxygen atoms in total. The van der Waals surface area contributed by atoms with Gasteiger partial charge in [0.25, 0.3) is 0 Å². The highest BCUT2D eigenvalue weighted by Gasteiger charge is 2.31. The molecule has 5 heteroatoms. The van der Waals surface area contributed by atoms with Crippen LogP contribution >= 0.6 is 11.8 Å². The van der Waals surface area contributed by atoms with Crippen molar-refractivity contribution in [2.45, 2.75) is 46.8 Å². The van der Waals surface area contributed by atoms with Gasteiger partial charge in [-0.25, -0.2) is 0 Å². The molecule has 0 aliphatic carbocycles. The number of hydrogen-bond donors (Lipinski definition) is 2. The summed E-state index contributed by atoms with van der Waals surface area (Å²) in [5.41, 5.74) is -0.304. The highest BCUT2D eigenvalue weighted by atomic mass is 32.2. The van der Waals surface area contributed by atoms with Gasteiger partial charge in [-0.3, -0.25) is 9.69 Å². The zero-order chi connectivity index (χ0) is 15.3. The van der Waals surface area contributed by atoms with E-state index < -0.39 is 6.10 Å². The van der Waals surface area contributed by atoms with Gasteiger partial charge in [-0.15, -0.1) is 0 Å². The monoisotopic (exact) mass is 302 g/mol. The molecule has 1 fully saturated rings. The number of rotatable bonds is 6. The van der Waals surface area contributed by atoms with Crippen LogP contribution in [-0.4, -0.2) is 59.2 Å². The van der Waals surface area contributed by atoms with Gasteiger partial charge in [0.15, 0.2) is 0 Å². The van der Waals surface area contributed by atoms with Gasteiger partial charge in [0.05, 0.1) is 12.1 Å². The molecule has 20 heavy (non-hydrogen) atoms. The summed E-state index contributed by atoms with van der Waals surface area (Å²) >= 11 is 1.95. The second-order valence-corrected chi connectivity index (χ2v) is 7.94. The Labute approximate surface area is 127 Å². The molecule has 2 atom stereocenters. The van der Waals surface area contributed by atoms with E-state index in [4.69, 9.17) is 0 Å². The second kappa shape index (κ2) is 7.66. The Kier molecular flexibility index (Phi) is 6.82. The van der Waals surface area contributed by atoms with Gasteiger partial charge >= 0.3 is 0 Å². The Morgan fingerprint density at radius 2 is 1.85 bits per heavy atom. The lowest BCUT2D eigenvalue weighted by atomic mass is 9.80. The van der Waals surface area contributed by atoms with E-state index in [1.807, 2.05) is 46.4 Å². The first-order valence-corrected chi connectivity index (χ1v) is 8.68. The van der Waals surface area contributed by atoms with Crippen LogP contribution < -0.4 is 5.32 Å². The average Bonchev–Trinajstić information content (AvgIpc) is 2.44. The van der Waals surface area contributed by atoms with Crippen LogP contribution in [0.15, 0.2) is 0 Å². The number of carbonyl (C=O) groups excluding carboxylic acids is 1. The molecule has 1 heterocycles. The molecule has 0 aromatic heterocycles. The lowest BCUT2D eigenvalue weighted by Gasteiger charge is -2.35. The van der Waals surface area contributed by atoms with Crippen molar-refractivity contribution in [3.05, 3.63) is 0 Å². The molecule has 118 valence electrons. The molecular formula is C15H30N2O2S. The number of aliphatic hydroxyl groups is 1. The summed E-state index contributed by atoms with van der Waals surface area (Å²) in [4.78, 5) is 14.5. The molecule has 2 N–H and O–H groups in total. The molecule has 2 unspecified atom stereocenters. The van der Waals surface area contributed by atoms with E-state index in [0.29, 0.717) is 6.54 Å². The normalized spacial score (nSPS) is 20.8. The average molecular weight is 302 g/mol. The van der Waals surface area contributed by atoms with Gasteiger partial charge in [-0.2, -0.15) is 11.8 Å². The molecule has 0 spiro atoms. The first-order chi connectivity index (χ1) is 9.25. The lowest BCUT2D eigenvalue weighted by Crippen LogP contribution is -2.51. The number of nitrogens with one attached hydrogen (secondary N) is 1. The summed E-state index contributed by atoms with van der Waals surface area (Å²) < 4.78 is 0. The highest BCUT2D eigenvalue weighted by Crippen LogP contribution is 2.25. The van der Waals surface area contributed by atoms with Crippen LogP contribution in [0.5, 0.6) is 0 Å². The predicted octanol–water partition coefficient (Wildman–Crippen LogP) is 1.58. The number of hydrogen-bond acceptors (Lipinski definition) is 4. The molecule has 0 bridgehead atoms. The Bertz CT molecular complexity index is 315. The third-order valence-corrected chi connectivity index (χ3v) is 5.07. The van der Waals surface area contributed by atoms with Gasteiger partial charge in [-0.1, -0.05) is 27.7 Å². The molecule has 0 aromatic rings. The van der Waals surface area contributed by atoms with Crippen LogP contribution in [0.25, 0.3) is 0 Å². The molecule has 0 radical (unpaired) electrons. The van der Waals surface area contributed by atoms with Gasteiger partial charge in [0, 0.05) is 36.6 Å². The fraction of sp³-hybridized carbons (Fsp3) is 0.933. The highest BCUT2D eigenvalue weighted by molar-refractivity contribution is 7.99. The maximum Gasteiger partial charge on any atom is 0.237 e. The molecule has 1 aliphatic rings. The summed E-state index contributed by atoms with van der Waals surface area (Å²) in [6, 6.07) is -0.0807. The minimum atomic E-state index is -0.413. The lowest BCUT2D eigenvalue weighted by molar-refractivity contribution is -0.126. The van der Waals surface area contributed by atoms with Gasteiger partial charge in [0.1, 0.15) is 0 Å². The Hall–Kier alpha value is -0.260. The minimum Gasteiger partial charge on any atom is -0.392 e. The first kappa shape index (κ1) is 17.8. The van der Waals surface area contributed by atoms with Crippen LogP contribution in [0.1, 0.15) is 34.6 Å². The summed E-state index contributed by atoms with van der Waals surface area (Å²) in [5, 5.41) is 13.2. The topological polar surface area (TPSA) is 52.6 Å². The second-order valence-electron chi connectivity index (χ2n) is 6.72. The summed E-state index contributed by atoms with van der Waals surface area (Å²) in [7, 11) is 0. The van der Waals surface area contributed by atoms with E-state index in [2.05, 4.69) is 10.2 Å². The maximum absolute atomic E-state index is 12.2. The third-order valence-electron chi connectivity index (χ3n) is 4.12. The zero-order valence-corrected chi connectivity index (χ0v) is 14.3. The van der Waals surface area contributed by atoms with Gasteiger partial charge in [0.2, 0.25) is 5.91 Å². The van der Waals surface area contributed by atoms with E-state index >= 15 is 0 Å². The molecule has 0 aromatic carbocycles. The van der Waals surface area contributed by atoms with E-state index in [-0.39, 0.29) is 23.3 Å². The van der Waals surface area contributed by atoms with Crippen molar-refractivity contribution in [2.24, 2.45) is 11.3 Å². The largest absolute Gasteiger partial charge is 0.392 e. The van der Waals surface area contributed by atoms with Crippen molar-refractivity contribution >= 4 is 17.7 Å². The van der Waals surface area contributed by atoms with Crippen molar-refractivity contribution in [1.82, 2.24) is 10.2 Å². The number of aliphatic hydroxyl groups excluding tert-OH is 1. The Morgan fingerprint density at radius 3 is 2.35 bits per heavy atom. The summed E-state index contributed by atoms with van der Waals surface area (Å²) in [6.45, 7) is 12.5. The maximum atomic E-state index is 12.2. The first-order valence-electron chi connectivity index (χ1n) is 7.53. The van der Waals surface area contributed by atoms with Gasteiger partial charge < -0.3 is 10.4 Å². The third kappa shape index (κ3) is 4.93. The van der Waals surface area contributed by atoms with Gasteiger partial charge in [-0.05, 0) is 12.8 Å². The molecule has 0 saturated carbocycles. The minimum absolute atomic E-state index is 0.0703. The molecule has 1 rings (SSSR count). The molecule has 1 saturated heterocycles. The SMILES string of the molecule is CC(C)C(O)C(C)(C)CNC(=O)C(C)N1CCSCC1. The van der Waals surface area contributed by atoms with Crippen LogP contribution in [0.4, 0.5) is 0 Å². The number of carbonyl (C=O) groups is 1. The van der Waals surface area contributed by atoms with Crippen LogP contribution in [0, 0.1) is 11.3 Å². The summed E-state index contributed by atoms with van der Waals surface area (Å²) in [6.07, 6.45) is -0.413.